The van der Waals surface area contributed by atoms with Gasteiger partial charge in [-0.25, -0.2) is 4.79 Å². The molecule has 1 unspecified atom stereocenters. The predicted octanol–water partition coefficient (Wildman–Crippen LogP) is 2.83. The summed E-state index contributed by atoms with van der Waals surface area (Å²) < 4.78 is 0. The van der Waals surface area contributed by atoms with E-state index in [9.17, 15) is 15.3 Å². The number of allylic oxidation sites excluding steroid dienone is 7. The number of fused-ring (bicyclic) bond motifs is 3. The van der Waals surface area contributed by atoms with Crippen LogP contribution in [0, 0.1) is 28.6 Å². The monoisotopic (exact) mass is 256 g/mol. The molecule has 0 aliphatic heterocycles. The Kier molecular flexibility index (Phi) is 2.70. The second-order valence-corrected chi connectivity index (χ2v) is 4.53. The molecule has 3 nitrogen and oxygen atoms in total. The topological polar surface area (TPSA) is 64.7 Å². The van der Waals surface area contributed by atoms with E-state index in [-0.39, 0.29) is 11.5 Å². The summed E-state index contributed by atoms with van der Waals surface area (Å²) >= 11 is 0. The number of nitrogens with zero attached hydrogens (tertiary/aromatic N) is 2. The van der Waals surface area contributed by atoms with Gasteiger partial charge in [-0.05, 0) is 22.8 Å². The number of rotatable bonds is 0. The first-order valence-electron chi connectivity index (χ1n) is 6.09. The standard InChI is InChI=1S/C17H8N2O/c18-8-12(9-19)17-14-6-2-1-5-13(14)15-7-3-4-11(10-20)16(15)17/h1-7,16H. The Hall–Kier alpha value is -3.13. The minimum absolute atomic E-state index is 0.0499. The second-order valence-electron chi connectivity index (χ2n) is 4.53. The number of benzene rings is 1. The quantitative estimate of drug-likeness (QED) is 0.529. The molecular weight excluding hydrogens is 248 g/mol. The van der Waals surface area contributed by atoms with Crippen LogP contribution in [0.5, 0.6) is 0 Å². The summed E-state index contributed by atoms with van der Waals surface area (Å²) in [7, 11) is 0. The van der Waals surface area contributed by atoms with Gasteiger partial charge >= 0.3 is 0 Å². The summed E-state index contributed by atoms with van der Waals surface area (Å²) in [6, 6.07) is 11.5. The maximum atomic E-state index is 11.2. The van der Waals surface area contributed by atoms with Crippen LogP contribution in [0.25, 0.3) is 11.1 Å². The van der Waals surface area contributed by atoms with Gasteiger partial charge in [0.2, 0.25) is 0 Å². The van der Waals surface area contributed by atoms with E-state index >= 15 is 0 Å². The van der Waals surface area contributed by atoms with E-state index in [0.717, 1.165) is 16.7 Å². The lowest BCUT2D eigenvalue weighted by atomic mass is 9.84. The van der Waals surface area contributed by atoms with Crippen LogP contribution in [0.3, 0.4) is 0 Å². The summed E-state index contributed by atoms with van der Waals surface area (Å²) in [5, 5.41) is 18.4. The smallest absolute Gasteiger partial charge is 0.134 e. The normalized spacial score (nSPS) is 18.3. The zero-order valence-electron chi connectivity index (χ0n) is 10.4. The molecule has 0 N–H and O–H groups in total. The largest absolute Gasteiger partial charge is 0.233 e. The highest BCUT2D eigenvalue weighted by Crippen LogP contribution is 2.50. The number of hydrogen-bond acceptors (Lipinski definition) is 3. The molecule has 1 aromatic rings. The van der Waals surface area contributed by atoms with Crippen molar-refractivity contribution in [3.63, 3.8) is 0 Å². The molecule has 0 amide bonds. The summed E-state index contributed by atoms with van der Waals surface area (Å²) in [4.78, 5) is 11.2. The van der Waals surface area contributed by atoms with Crippen LogP contribution >= 0.6 is 0 Å². The number of nitriles is 2. The third-order valence-electron chi connectivity index (χ3n) is 3.60. The third-order valence-corrected chi connectivity index (χ3v) is 3.60. The highest BCUT2D eigenvalue weighted by atomic mass is 16.1. The molecule has 3 rings (SSSR count). The van der Waals surface area contributed by atoms with Crippen LogP contribution in [0.15, 0.2) is 53.6 Å². The average molecular weight is 256 g/mol. The third kappa shape index (κ3) is 1.49. The van der Waals surface area contributed by atoms with Crippen molar-refractivity contribution in [1.29, 1.82) is 10.5 Å². The molecule has 0 radical (unpaired) electrons. The molecule has 0 saturated carbocycles. The van der Waals surface area contributed by atoms with Gasteiger partial charge in [0.15, 0.2) is 0 Å². The molecule has 1 atom stereocenters. The fraction of sp³-hybridized carbons (Fsp3) is 0.0588. The minimum Gasteiger partial charge on any atom is -0.233 e. The van der Waals surface area contributed by atoms with Gasteiger partial charge in [-0.1, -0.05) is 36.4 Å². The van der Waals surface area contributed by atoms with Crippen molar-refractivity contribution in [3.8, 4) is 12.1 Å². The predicted molar refractivity (Wildman–Crippen MR) is 74.4 cm³/mol. The maximum Gasteiger partial charge on any atom is 0.134 e. The molecule has 0 fully saturated rings. The molecule has 1 aromatic carbocycles. The van der Waals surface area contributed by atoms with Gasteiger partial charge in [0.1, 0.15) is 23.7 Å². The molecule has 0 bridgehead atoms. The molecule has 2 aliphatic rings. The Bertz CT molecular complexity index is 818. The van der Waals surface area contributed by atoms with Crippen molar-refractivity contribution >= 4 is 17.1 Å². The van der Waals surface area contributed by atoms with E-state index in [4.69, 9.17) is 0 Å². The summed E-state index contributed by atoms with van der Waals surface area (Å²) in [6.07, 6.45) is 5.40. The number of carbonyl (C=O) groups excluding carboxylic acids is 1. The summed E-state index contributed by atoms with van der Waals surface area (Å²) in [6.45, 7) is 0. The van der Waals surface area contributed by atoms with E-state index in [1.165, 1.54) is 0 Å². The molecule has 0 heterocycles. The van der Waals surface area contributed by atoms with Gasteiger partial charge in [-0.15, -0.1) is 0 Å². The van der Waals surface area contributed by atoms with Gasteiger partial charge in [0, 0.05) is 17.1 Å². The number of hydrogen-bond donors (Lipinski definition) is 0. The van der Waals surface area contributed by atoms with Crippen molar-refractivity contribution < 1.29 is 4.79 Å². The zero-order chi connectivity index (χ0) is 14.1. The first-order chi connectivity index (χ1) is 9.81. The second kappa shape index (κ2) is 4.52. The zero-order valence-corrected chi connectivity index (χ0v) is 10.4. The Morgan fingerprint density at radius 3 is 2.45 bits per heavy atom. The van der Waals surface area contributed by atoms with Crippen LogP contribution in [-0.4, -0.2) is 5.94 Å². The van der Waals surface area contributed by atoms with Gasteiger partial charge in [-0.2, -0.15) is 10.5 Å². The summed E-state index contributed by atoms with van der Waals surface area (Å²) in [5.74, 6) is 1.57. The Morgan fingerprint density at radius 2 is 1.80 bits per heavy atom. The molecule has 2 aliphatic carbocycles. The van der Waals surface area contributed by atoms with Crippen LogP contribution in [0.2, 0.25) is 0 Å². The van der Waals surface area contributed by atoms with Crippen molar-refractivity contribution in [2.45, 2.75) is 0 Å². The molecule has 20 heavy (non-hydrogen) atoms. The van der Waals surface area contributed by atoms with E-state index in [1.54, 1.807) is 12.2 Å². The van der Waals surface area contributed by atoms with Gasteiger partial charge in [0.05, 0.1) is 0 Å². The van der Waals surface area contributed by atoms with Gasteiger partial charge in [-0.3, -0.25) is 0 Å². The molecular formula is C17H8N2O. The molecule has 0 spiro atoms. The molecule has 92 valence electrons. The lowest BCUT2D eigenvalue weighted by molar-refractivity contribution is 0.566. The Balaban J connectivity index is 2.42. The fourth-order valence-corrected chi connectivity index (χ4v) is 2.81. The molecule has 3 heteroatoms. The summed E-state index contributed by atoms with van der Waals surface area (Å²) in [5.41, 5.74) is 3.87. The van der Waals surface area contributed by atoms with Gasteiger partial charge in [0.25, 0.3) is 0 Å². The van der Waals surface area contributed by atoms with E-state index < -0.39 is 0 Å². The van der Waals surface area contributed by atoms with Crippen LogP contribution in [0.1, 0.15) is 11.1 Å². The van der Waals surface area contributed by atoms with E-state index in [1.807, 2.05) is 48.4 Å². The highest BCUT2D eigenvalue weighted by molar-refractivity contribution is 6.02. The highest BCUT2D eigenvalue weighted by Gasteiger charge is 2.37. The first-order valence-corrected chi connectivity index (χ1v) is 6.09. The molecule has 0 saturated heterocycles. The first kappa shape index (κ1) is 11.9. The lowest BCUT2D eigenvalue weighted by Gasteiger charge is -2.16. The van der Waals surface area contributed by atoms with E-state index in [0.29, 0.717) is 11.1 Å². The van der Waals surface area contributed by atoms with Gasteiger partial charge < -0.3 is 0 Å². The van der Waals surface area contributed by atoms with Crippen molar-refractivity contribution in [3.05, 3.63) is 64.8 Å². The lowest BCUT2D eigenvalue weighted by Crippen LogP contribution is -2.06. The van der Waals surface area contributed by atoms with Crippen molar-refractivity contribution in [2.24, 2.45) is 5.92 Å². The minimum atomic E-state index is -0.357. The van der Waals surface area contributed by atoms with Crippen LogP contribution in [0.4, 0.5) is 0 Å². The SMILES string of the molecule is N#CC(C#N)=C1c2ccccc2C2=CC=CC(=C=O)C21. The van der Waals surface area contributed by atoms with Crippen molar-refractivity contribution in [1.82, 2.24) is 0 Å². The fourth-order valence-electron chi connectivity index (χ4n) is 2.81. The Labute approximate surface area is 116 Å². The van der Waals surface area contributed by atoms with Crippen LogP contribution in [-0.2, 0) is 4.79 Å². The van der Waals surface area contributed by atoms with E-state index in [2.05, 4.69) is 0 Å². The Morgan fingerprint density at radius 1 is 1.10 bits per heavy atom. The average Bonchev–Trinajstić information content (AvgIpc) is 2.84. The van der Waals surface area contributed by atoms with Crippen LogP contribution < -0.4 is 0 Å². The van der Waals surface area contributed by atoms with Crippen molar-refractivity contribution in [2.75, 3.05) is 0 Å². The molecule has 0 aromatic heterocycles. The maximum absolute atomic E-state index is 11.2.